The first-order valence-electron chi connectivity index (χ1n) is 7.72. The number of hydrogen-bond donors (Lipinski definition) is 1. The summed E-state index contributed by atoms with van der Waals surface area (Å²) >= 11 is 0. The molecule has 0 heterocycles. The van der Waals surface area contributed by atoms with E-state index < -0.39 is 5.97 Å². The van der Waals surface area contributed by atoms with Crippen LogP contribution in [0.4, 0.5) is 0 Å². The maximum absolute atomic E-state index is 12.6. The molecule has 0 saturated heterocycles. The Morgan fingerprint density at radius 2 is 1.56 bits per heavy atom. The minimum atomic E-state index is -0.551. The van der Waals surface area contributed by atoms with Gasteiger partial charge in [-0.3, -0.25) is 4.79 Å². The van der Waals surface area contributed by atoms with Crippen molar-refractivity contribution in [2.75, 3.05) is 21.3 Å². The molecule has 6 heteroatoms. The van der Waals surface area contributed by atoms with Crippen LogP contribution in [0.2, 0.25) is 0 Å². The number of nitrogens with one attached hydrogen (secondary N) is 1. The Balaban J connectivity index is 2.22. The number of carbonyl (C=O) groups excluding carboxylic acids is 2. The summed E-state index contributed by atoms with van der Waals surface area (Å²) < 4.78 is 15.2. The van der Waals surface area contributed by atoms with Crippen LogP contribution in [0.5, 0.6) is 11.5 Å². The monoisotopic (exact) mass is 343 g/mol. The average molecular weight is 343 g/mol. The summed E-state index contributed by atoms with van der Waals surface area (Å²) in [6, 6.07) is 11.7. The van der Waals surface area contributed by atoms with E-state index in [1.165, 1.54) is 7.11 Å². The van der Waals surface area contributed by atoms with E-state index >= 15 is 0 Å². The number of methoxy groups -OCH3 is 3. The Kier molecular flexibility index (Phi) is 6.00. The minimum Gasteiger partial charge on any atom is -0.493 e. The topological polar surface area (TPSA) is 73.9 Å². The Labute approximate surface area is 146 Å². The minimum absolute atomic E-state index is 0.224. The van der Waals surface area contributed by atoms with Gasteiger partial charge in [0, 0.05) is 0 Å². The second-order valence-electron chi connectivity index (χ2n) is 5.35. The molecule has 1 amide bonds. The second-order valence-corrected chi connectivity index (χ2v) is 5.35. The van der Waals surface area contributed by atoms with Gasteiger partial charge in [-0.1, -0.05) is 18.2 Å². The van der Waals surface area contributed by atoms with Crippen molar-refractivity contribution < 1.29 is 23.8 Å². The molecular weight excluding hydrogens is 322 g/mol. The average Bonchev–Trinajstić information content (AvgIpc) is 2.66. The predicted molar refractivity (Wildman–Crippen MR) is 93.2 cm³/mol. The number of carbonyl (C=O) groups is 2. The van der Waals surface area contributed by atoms with Crippen LogP contribution in [-0.2, 0) is 4.74 Å². The van der Waals surface area contributed by atoms with E-state index in [4.69, 9.17) is 14.2 Å². The highest BCUT2D eigenvalue weighted by Crippen LogP contribution is 2.30. The molecule has 0 aliphatic rings. The third-order valence-electron chi connectivity index (χ3n) is 3.83. The van der Waals surface area contributed by atoms with E-state index in [2.05, 4.69) is 5.32 Å². The molecule has 6 nitrogen and oxygen atoms in total. The zero-order valence-electron chi connectivity index (χ0n) is 14.7. The van der Waals surface area contributed by atoms with Crippen LogP contribution in [0, 0.1) is 0 Å². The van der Waals surface area contributed by atoms with Crippen molar-refractivity contribution in [1.82, 2.24) is 5.32 Å². The third kappa shape index (κ3) is 4.09. The number of ether oxygens (including phenoxy) is 3. The Bertz CT molecular complexity index is 772. The molecular formula is C19H21NO5. The van der Waals surface area contributed by atoms with Gasteiger partial charge in [0.15, 0.2) is 11.5 Å². The lowest BCUT2D eigenvalue weighted by Gasteiger charge is -2.17. The van der Waals surface area contributed by atoms with Gasteiger partial charge >= 0.3 is 5.97 Å². The molecule has 1 unspecified atom stereocenters. The highest BCUT2D eigenvalue weighted by atomic mass is 16.5. The largest absolute Gasteiger partial charge is 0.493 e. The van der Waals surface area contributed by atoms with Crippen molar-refractivity contribution in [1.29, 1.82) is 0 Å². The highest BCUT2D eigenvalue weighted by Gasteiger charge is 2.19. The molecule has 25 heavy (non-hydrogen) atoms. The summed E-state index contributed by atoms with van der Waals surface area (Å²) in [6.07, 6.45) is 0. The SMILES string of the molecule is COC(=O)c1ccccc1C(=O)NC(C)c1ccc(OC)c(OC)c1. The maximum atomic E-state index is 12.6. The van der Waals surface area contributed by atoms with E-state index in [1.54, 1.807) is 50.6 Å². The fourth-order valence-electron chi connectivity index (χ4n) is 2.45. The fraction of sp³-hybridized carbons (Fsp3) is 0.263. The van der Waals surface area contributed by atoms with Crippen molar-refractivity contribution in [3.05, 3.63) is 59.2 Å². The fourth-order valence-corrected chi connectivity index (χ4v) is 2.45. The van der Waals surface area contributed by atoms with Crippen molar-refractivity contribution >= 4 is 11.9 Å². The standard InChI is InChI=1S/C19H21NO5/c1-12(13-9-10-16(23-2)17(11-13)24-3)20-18(21)14-7-5-6-8-15(14)19(22)25-4/h5-12H,1-4H3,(H,20,21). The molecule has 1 atom stereocenters. The van der Waals surface area contributed by atoms with Crippen LogP contribution in [0.15, 0.2) is 42.5 Å². The predicted octanol–water partition coefficient (Wildman–Crippen LogP) is 2.98. The molecule has 0 aliphatic heterocycles. The smallest absolute Gasteiger partial charge is 0.338 e. The van der Waals surface area contributed by atoms with Gasteiger partial charge in [-0.2, -0.15) is 0 Å². The normalized spacial score (nSPS) is 11.4. The van der Waals surface area contributed by atoms with Crippen molar-refractivity contribution in [3.63, 3.8) is 0 Å². The summed E-state index contributed by atoms with van der Waals surface area (Å²) in [7, 11) is 4.40. The van der Waals surface area contributed by atoms with Gasteiger partial charge in [-0.05, 0) is 36.8 Å². The number of esters is 1. The van der Waals surface area contributed by atoms with Crippen LogP contribution in [0.1, 0.15) is 39.2 Å². The molecule has 0 aromatic heterocycles. The van der Waals surface area contributed by atoms with Gasteiger partial charge in [-0.25, -0.2) is 4.79 Å². The van der Waals surface area contributed by atoms with E-state index in [0.717, 1.165) is 5.56 Å². The Morgan fingerprint density at radius 1 is 0.920 bits per heavy atom. The molecule has 0 bridgehead atoms. The van der Waals surface area contributed by atoms with Crippen molar-refractivity contribution in [2.45, 2.75) is 13.0 Å². The van der Waals surface area contributed by atoms with E-state index in [9.17, 15) is 9.59 Å². The van der Waals surface area contributed by atoms with E-state index in [1.807, 2.05) is 13.0 Å². The first-order chi connectivity index (χ1) is 12.0. The van der Waals surface area contributed by atoms with Gasteiger partial charge in [0.1, 0.15) is 0 Å². The summed E-state index contributed by atoms with van der Waals surface area (Å²) in [5.74, 6) is 0.282. The number of rotatable bonds is 6. The lowest BCUT2D eigenvalue weighted by Crippen LogP contribution is -2.28. The zero-order chi connectivity index (χ0) is 18.4. The molecule has 2 aromatic rings. The molecule has 1 N–H and O–H groups in total. The van der Waals surface area contributed by atoms with Crippen LogP contribution < -0.4 is 14.8 Å². The zero-order valence-corrected chi connectivity index (χ0v) is 14.7. The first kappa shape index (κ1) is 18.3. The first-order valence-corrected chi connectivity index (χ1v) is 7.72. The molecule has 0 saturated carbocycles. The molecule has 0 aliphatic carbocycles. The number of hydrogen-bond acceptors (Lipinski definition) is 5. The molecule has 2 aromatic carbocycles. The van der Waals surface area contributed by atoms with Crippen LogP contribution in [-0.4, -0.2) is 33.2 Å². The summed E-state index contributed by atoms with van der Waals surface area (Å²) in [5, 5.41) is 2.88. The molecule has 0 fully saturated rings. The summed E-state index contributed by atoms with van der Waals surface area (Å²) in [5.41, 5.74) is 1.34. The quantitative estimate of drug-likeness (QED) is 0.816. The molecule has 0 spiro atoms. The Morgan fingerprint density at radius 3 is 2.16 bits per heavy atom. The van der Waals surface area contributed by atoms with Gasteiger partial charge in [0.25, 0.3) is 5.91 Å². The van der Waals surface area contributed by atoms with E-state index in [-0.39, 0.29) is 23.1 Å². The third-order valence-corrected chi connectivity index (χ3v) is 3.83. The second kappa shape index (κ2) is 8.19. The van der Waals surface area contributed by atoms with Crippen LogP contribution in [0.25, 0.3) is 0 Å². The highest BCUT2D eigenvalue weighted by molar-refractivity contribution is 6.05. The molecule has 2 rings (SSSR count). The van der Waals surface area contributed by atoms with Crippen LogP contribution in [0.3, 0.4) is 0 Å². The number of amides is 1. The lowest BCUT2D eigenvalue weighted by atomic mass is 10.0. The van der Waals surface area contributed by atoms with Gasteiger partial charge in [0.05, 0.1) is 38.5 Å². The lowest BCUT2D eigenvalue weighted by molar-refractivity contribution is 0.0596. The van der Waals surface area contributed by atoms with Gasteiger partial charge in [-0.15, -0.1) is 0 Å². The summed E-state index contributed by atoms with van der Waals surface area (Å²) in [6.45, 7) is 1.85. The molecule has 132 valence electrons. The maximum Gasteiger partial charge on any atom is 0.338 e. The van der Waals surface area contributed by atoms with Crippen LogP contribution >= 0.6 is 0 Å². The van der Waals surface area contributed by atoms with Crippen molar-refractivity contribution in [3.8, 4) is 11.5 Å². The van der Waals surface area contributed by atoms with Gasteiger partial charge in [0.2, 0.25) is 0 Å². The molecule has 0 radical (unpaired) electrons. The summed E-state index contributed by atoms with van der Waals surface area (Å²) in [4.78, 5) is 24.4. The number of benzene rings is 2. The van der Waals surface area contributed by atoms with Crippen molar-refractivity contribution in [2.24, 2.45) is 0 Å². The van der Waals surface area contributed by atoms with E-state index in [0.29, 0.717) is 11.5 Å². The Hall–Kier alpha value is -3.02. The van der Waals surface area contributed by atoms with Gasteiger partial charge < -0.3 is 19.5 Å².